The highest BCUT2D eigenvalue weighted by molar-refractivity contribution is 5.82. The molecule has 0 radical (unpaired) electrons. The second-order valence-electron chi connectivity index (χ2n) is 4.78. The molecule has 9 nitrogen and oxygen atoms in total. The molecule has 2 rings (SSSR count). The summed E-state index contributed by atoms with van der Waals surface area (Å²) in [6.07, 6.45) is 3.07. The number of rotatable bonds is 6. The Hall–Kier alpha value is -3.88. The molecular weight excluding hydrogens is 320 g/mol. The van der Waals surface area contributed by atoms with Crippen LogP contribution < -0.4 is 27.7 Å². The van der Waals surface area contributed by atoms with Gasteiger partial charge in [-0.25, -0.2) is 0 Å². The molecule has 0 saturated carbocycles. The van der Waals surface area contributed by atoms with Crippen molar-refractivity contribution >= 4 is 24.3 Å². The molecule has 0 spiro atoms. The van der Waals surface area contributed by atoms with Crippen LogP contribution in [0.1, 0.15) is 11.1 Å². The highest BCUT2D eigenvalue weighted by Gasteiger charge is 1.98. The summed E-state index contributed by atoms with van der Waals surface area (Å²) < 4.78 is 5.75. The smallest absolute Gasteiger partial charge is 0.211 e. The lowest BCUT2D eigenvalue weighted by Crippen LogP contribution is -2.21. The van der Waals surface area contributed by atoms with E-state index in [9.17, 15) is 0 Å². The van der Waals surface area contributed by atoms with Gasteiger partial charge in [0.1, 0.15) is 11.5 Å². The SMILES string of the molecule is NC(N)=N/N=C/c1ccc(Oc2ccc(/C=N/N=C(N)N)cc2)cc1. The fraction of sp³-hybridized carbons (Fsp3) is 0. The molecule has 0 fully saturated rings. The predicted octanol–water partition coefficient (Wildman–Crippen LogP) is 0.694. The van der Waals surface area contributed by atoms with E-state index in [1.165, 1.54) is 12.4 Å². The van der Waals surface area contributed by atoms with Crippen molar-refractivity contribution in [3.05, 3.63) is 59.7 Å². The maximum atomic E-state index is 5.75. The highest BCUT2D eigenvalue weighted by atomic mass is 16.5. The van der Waals surface area contributed by atoms with Gasteiger partial charge in [0.15, 0.2) is 0 Å². The fourth-order valence-corrected chi connectivity index (χ4v) is 1.70. The summed E-state index contributed by atoms with van der Waals surface area (Å²) in [6.45, 7) is 0. The van der Waals surface area contributed by atoms with Crippen LogP contribution >= 0.6 is 0 Å². The van der Waals surface area contributed by atoms with Gasteiger partial charge >= 0.3 is 0 Å². The largest absolute Gasteiger partial charge is 0.457 e. The van der Waals surface area contributed by atoms with Crippen LogP contribution in [0.2, 0.25) is 0 Å². The van der Waals surface area contributed by atoms with E-state index in [2.05, 4.69) is 20.4 Å². The van der Waals surface area contributed by atoms with E-state index in [0.717, 1.165) is 11.1 Å². The van der Waals surface area contributed by atoms with Crippen LogP contribution in [-0.4, -0.2) is 24.3 Å². The number of nitrogens with two attached hydrogens (primary N) is 4. The van der Waals surface area contributed by atoms with Gasteiger partial charge in [-0.1, -0.05) is 0 Å². The van der Waals surface area contributed by atoms with Gasteiger partial charge in [-0.15, -0.1) is 10.2 Å². The summed E-state index contributed by atoms with van der Waals surface area (Å²) in [5.74, 6) is 1.17. The van der Waals surface area contributed by atoms with Gasteiger partial charge in [-0.05, 0) is 59.7 Å². The number of benzene rings is 2. The quantitative estimate of drug-likeness (QED) is 0.345. The molecule has 0 atom stereocenters. The Balaban J connectivity index is 1.98. The highest BCUT2D eigenvalue weighted by Crippen LogP contribution is 2.21. The topological polar surface area (TPSA) is 163 Å². The molecule has 9 heteroatoms. The first-order valence-electron chi connectivity index (χ1n) is 7.15. The van der Waals surface area contributed by atoms with Gasteiger partial charge in [0.2, 0.25) is 11.9 Å². The maximum Gasteiger partial charge on any atom is 0.211 e. The van der Waals surface area contributed by atoms with Crippen LogP contribution in [0.3, 0.4) is 0 Å². The summed E-state index contributed by atoms with van der Waals surface area (Å²) in [5.41, 5.74) is 22.4. The summed E-state index contributed by atoms with van der Waals surface area (Å²) >= 11 is 0. The minimum Gasteiger partial charge on any atom is -0.457 e. The van der Waals surface area contributed by atoms with E-state index in [-0.39, 0.29) is 11.9 Å². The second-order valence-corrected chi connectivity index (χ2v) is 4.78. The minimum absolute atomic E-state index is 0.0945. The zero-order valence-electron chi connectivity index (χ0n) is 13.3. The summed E-state index contributed by atoms with van der Waals surface area (Å²) in [6, 6.07) is 14.6. The molecular formula is C16H18N8O. The molecule has 0 bridgehead atoms. The first kappa shape index (κ1) is 17.5. The zero-order valence-corrected chi connectivity index (χ0v) is 13.3. The predicted molar refractivity (Wildman–Crippen MR) is 99.8 cm³/mol. The fourth-order valence-electron chi connectivity index (χ4n) is 1.70. The Morgan fingerprint density at radius 2 is 1.00 bits per heavy atom. The molecule has 0 amide bonds. The van der Waals surface area contributed by atoms with Crippen LogP contribution in [0.4, 0.5) is 0 Å². The third-order valence-electron chi connectivity index (χ3n) is 2.76. The van der Waals surface area contributed by atoms with Crippen molar-refractivity contribution in [1.29, 1.82) is 0 Å². The molecule has 25 heavy (non-hydrogen) atoms. The van der Waals surface area contributed by atoms with Crippen LogP contribution in [0, 0.1) is 0 Å². The molecule has 2 aromatic carbocycles. The average molecular weight is 338 g/mol. The van der Waals surface area contributed by atoms with Crippen molar-refractivity contribution in [1.82, 2.24) is 0 Å². The molecule has 2 aromatic rings. The first-order chi connectivity index (χ1) is 12.0. The van der Waals surface area contributed by atoms with Gasteiger partial charge in [0, 0.05) is 0 Å². The Morgan fingerprint density at radius 1 is 0.640 bits per heavy atom. The van der Waals surface area contributed by atoms with Crippen molar-refractivity contribution in [2.24, 2.45) is 43.3 Å². The third-order valence-corrected chi connectivity index (χ3v) is 2.76. The Morgan fingerprint density at radius 3 is 1.32 bits per heavy atom. The summed E-state index contributed by atoms with van der Waals surface area (Å²) in [5, 5.41) is 14.5. The normalized spacial score (nSPS) is 10.7. The van der Waals surface area contributed by atoms with E-state index in [4.69, 9.17) is 27.7 Å². The zero-order chi connectivity index (χ0) is 18.1. The van der Waals surface area contributed by atoms with Gasteiger partial charge in [0.25, 0.3) is 0 Å². The molecule has 0 heterocycles. The van der Waals surface area contributed by atoms with E-state index in [1.54, 1.807) is 0 Å². The maximum absolute atomic E-state index is 5.75. The van der Waals surface area contributed by atoms with Crippen molar-refractivity contribution < 1.29 is 4.74 Å². The van der Waals surface area contributed by atoms with Gasteiger partial charge in [0.05, 0.1) is 12.4 Å². The van der Waals surface area contributed by atoms with Crippen LogP contribution in [-0.2, 0) is 0 Å². The van der Waals surface area contributed by atoms with Gasteiger partial charge < -0.3 is 27.7 Å². The molecule has 128 valence electrons. The summed E-state index contributed by atoms with van der Waals surface area (Å²) in [4.78, 5) is 0. The molecule has 8 N–H and O–H groups in total. The third kappa shape index (κ3) is 6.40. The number of ether oxygens (including phenoxy) is 1. The Bertz CT molecular complexity index is 730. The van der Waals surface area contributed by atoms with Crippen molar-refractivity contribution in [3.63, 3.8) is 0 Å². The lowest BCUT2D eigenvalue weighted by molar-refractivity contribution is 0.482. The molecule has 0 aliphatic rings. The monoisotopic (exact) mass is 338 g/mol. The van der Waals surface area contributed by atoms with E-state index in [1.807, 2.05) is 48.5 Å². The molecule has 0 unspecified atom stereocenters. The van der Waals surface area contributed by atoms with Crippen molar-refractivity contribution in [2.75, 3.05) is 0 Å². The number of hydrogen-bond acceptors (Lipinski definition) is 5. The number of nitrogens with zero attached hydrogens (tertiary/aromatic N) is 4. The van der Waals surface area contributed by atoms with Crippen molar-refractivity contribution in [2.45, 2.75) is 0 Å². The molecule has 0 aromatic heterocycles. The number of guanidine groups is 2. The molecule has 0 aliphatic heterocycles. The van der Waals surface area contributed by atoms with Gasteiger partial charge in [-0.2, -0.15) is 10.2 Å². The lowest BCUT2D eigenvalue weighted by Gasteiger charge is -2.06. The number of hydrogen-bond donors (Lipinski definition) is 4. The first-order valence-corrected chi connectivity index (χ1v) is 7.15. The Kier molecular flexibility index (Phi) is 6.06. The minimum atomic E-state index is -0.0945. The van der Waals surface area contributed by atoms with E-state index >= 15 is 0 Å². The van der Waals surface area contributed by atoms with Crippen LogP contribution in [0.5, 0.6) is 11.5 Å². The standard InChI is InChI=1S/C16H18N8O/c17-15(18)23-21-9-11-1-5-13(6-2-11)25-14-7-3-12(4-8-14)10-22-24-16(19)20/h1-10H,(H4,17,18,23)(H4,19,20,24)/b21-9+,22-10+. The van der Waals surface area contributed by atoms with Crippen molar-refractivity contribution in [3.8, 4) is 11.5 Å². The lowest BCUT2D eigenvalue weighted by atomic mass is 10.2. The van der Waals surface area contributed by atoms with Gasteiger partial charge in [-0.3, -0.25) is 0 Å². The summed E-state index contributed by atoms with van der Waals surface area (Å²) in [7, 11) is 0. The van der Waals surface area contributed by atoms with E-state index < -0.39 is 0 Å². The average Bonchev–Trinajstić information content (AvgIpc) is 2.57. The molecule has 0 saturated heterocycles. The van der Waals surface area contributed by atoms with E-state index in [0.29, 0.717) is 11.5 Å². The second kappa shape index (κ2) is 8.67. The van der Waals surface area contributed by atoms with Crippen LogP contribution in [0.25, 0.3) is 0 Å². The van der Waals surface area contributed by atoms with Crippen LogP contribution in [0.15, 0.2) is 68.9 Å². The molecule has 0 aliphatic carbocycles. The Labute approximate surface area is 144 Å².